The SMILES string of the molecule is Cc1ccc(C(=O)N2C[C@H]3C[C@H](O)[C@H](O)C[C@H]3C2)c(=O)[nH]1. The van der Waals surface area contributed by atoms with Crippen molar-refractivity contribution in [2.75, 3.05) is 13.1 Å². The van der Waals surface area contributed by atoms with Crippen molar-refractivity contribution in [1.29, 1.82) is 0 Å². The van der Waals surface area contributed by atoms with Crippen LogP contribution in [0.4, 0.5) is 0 Å². The zero-order valence-electron chi connectivity index (χ0n) is 12.0. The number of pyridine rings is 1. The summed E-state index contributed by atoms with van der Waals surface area (Å²) in [4.78, 5) is 28.6. The minimum atomic E-state index is -0.705. The van der Waals surface area contributed by atoms with E-state index in [0.29, 0.717) is 25.9 Å². The number of amides is 1. The Balaban J connectivity index is 1.77. The predicted octanol–water partition coefficient (Wildman–Crippen LogP) is -0.113. The molecule has 1 aromatic rings. The number of fused-ring (bicyclic) bond motifs is 1. The summed E-state index contributed by atoms with van der Waals surface area (Å²) in [5, 5.41) is 19.5. The Morgan fingerprint density at radius 2 is 1.76 bits per heavy atom. The van der Waals surface area contributed by atoms with Gasteiger partial charge in [-0.05, 0) is 43.7 Å². The number of H-pyrrole nitrogens is 1. The number of hydrogen-bond donors (Lipinski definition) is 3. The van der Waals surface area contributed by atoms with Gasteiger partial charge in [0.05, 0.1) is 12.2 Å². The Morgan fingerprint density at radius 1 is 1.19 bits per heavy atom. The highest BCUT2D eigenvalue weighted by Gasteiger charge is 2.42. The Kier molecular flexibility index (Phi) is 3.59. The molecule has 1 aliphatic heterocycles. The van der Waals surface area contributed by atoms with Gasteiger partial charge in [-0.1, -0.05) is 0 Å². The van der Waals surface area contributed by atoms with Crippen molar-refractivity contribution in [3.63, 3.8) is 0 Å². The summed E-state index contributed by atoms with van der Waals surface area (Å²) < 4.78 is 0. The number of aromatic amines is 1. The lowest BCUT2D eigenvalue weighted by Crippen LogP contribution is -2.38. The number of likely N-dealkylation sites (tertiary alicyclic amines) is 1. The summed E-state index contributed by atoms with van der Waals surface area (Å²) in [6, 6.07) is 3.27. The number of rotatable bonds is 1. The van der Waals surface area contributed by atoms with Crippen molar-refractivity contribution in [1.82, 2.24) is 9.88 Å². The Morgan fingerprint density at radius 3 is 2.29 bits per heavy atom. The molecule has 0 aromatic carbocycles. The molecule has 2 heterocycles. The summed E-state index contributed by atoms with van der Waals surface area (Å²) in [7, 11) is 0. The molecule has 6 heteroatoms. The van der Waals surface area contributed by atoms with Crippen LogP contribution in [0, 0.1) is 18.8 Å². The van der Waals surface area contributed by atoms with Crippen molar-refractivity contribution >= 4 is 5.91 Å². The maximum absolute atomic E-state index is 12.5. The second kappa shape index (κ2) is 5.27. The molecule has 1 amide bonds. The van der Waals surface area contributed by atoms with Crippen molar-refractivity contribution in [2.24, 2.45) is 11.8 Å². The van der Waals surface area contributed by atoms with Crippen molar-refractivity contribution < 1.29 is 15.0 Å². The van der Waals surface area contributed by atoms with Gasteiger partial charge in [-0.25, -0.2) is 0 Å². The minimum Gasteiger partial charge on any atom is -0.390 e. The summed E-state index contributed by atoms with van der Waals surface area (Å²) in [6.45, 7) is 2.85. The van der Waals surface area contributed by atoms with Crippen LogP contribution in [0.15, 0.2) is 16.9 Å². The molecule has 3 rings (SSSR count). The van der Waals surface area contributed by atoms with Crippen molar-refractivity contribution in [3.05, 3.63) is 33.7 Å². The quantitative estimate of drug-likeness (QED) is 0.673. The van der Waals surface area contributed by atoms with Gasteiger partial charge in [0.25, 0.3) is 11.5 Å². The molecule has 21 heavy (non-hydrogen) atoms. The fourth-order valence-electron chi connectivity index (χ4n) is 3.48. The zero-order valence-corrected chi connectivity index (χ0v) is 12.0. The van der Waals surface area contributed by atoms with E-state index in [4.69, 9.17) is 0 Å². The van der Waals surface area contributed by atoms with Crippen LogP contribution < -0.4 is 5.56 Å². The average molecular weight is 292 g/mol. The minimum absolute atomic E-state index is 0.153. The summed E-state index contributed by atoms with van der Waals surface area (Å²) in [5.41, 5.74) is 0.508. The van der Waals surface area contributed by atoms with Crippen LogP contribution in [0.25, 0.3) is 0 Å². The van der Waals surface area contributed by atoms with E-state index in [0.717, 1.165) is 5.69 Å². The van der Waals surface area contributed by atoms with Crippen LogP contribution in [0.3, 0.4) is 0 Å². The first-order valence-corrected chi connectivity index (χ1v) is 7.31. The Labute approximate surface area is 122 Å². The topological polar surface area (TPSA) is 93.6 Å². The van der Waals surface area contributed by atoms with E-state index in [2.05, 4.69) is 4.98 Å². The normalized spacial score (nSPS) is 32.0. The molecule has 0 unspecified atom stereocenters. The molecule has 0 radical (unpaired) electrons. The van der Waals surface area contributed by atoms with Gasteiger partial charge in [-0.3, -0.25) is 9.59 Å². The number of aliphatic hydroxyl groups is 2. The predicted molar refractivity (Wildman–Crippen MR) is 75.9 cm³/mol. The van der Waals surface area contributed by atoms with Crippen LogP contribution in [-0.2, 0) is 0 Å². The van der Waals surface area contributed by atoms with Gasteiger partial charge < -0.3 is 20.1 Å². The smallest absolute Gasteiger partial charge is 0.260 e. The van der Waals surface area contributed by atoms with Crippen molar-refractivity contribution in [3.8, 4) is 0 Å². The molecule has 1 saturated carbocycles. The van der Waals surface area contributed by atoms with E-state index >= 15 is 0 Å². The van der Waals surface area contributed by atoms with Gasteiger partial charge in [0, 0.05) is 18.8 Å². The number of nitrogens with one attached hydrogen (secondary N) is 1. The molecule has 2 fully saturated rings. The van der Waals surface area contributed by atoms with Crippen LogP contribution in [0.2, 0.25) is 0 Å². The fourth-order valence-corrected chi connectivity index (χ4v) is 3.48. The van der Waals surface area contributed by atoms with Crippen LogP contribution >= 0.6 is 0 Å². The number of carbonyl (C=O) groups excluding carboxylic acids is 1. The molecule has 0 bridgehead atoms. The molecule has 114 valence electrons. The monoisotopic (exact) mass is 292 g/mol. The zero-order chi connectivity index (χ0) is 15.1. The summed E-state index contributed by atoms with van der Waals surface area (Å²) in [6.07, 6.45) is -0.382. The summed E-state index contributed by atoms with van der Waals surface area (Å²) >= 11 is 0. The van der Waals surface area contributed by atoms with E-state index in [1.165, 1.54) is 0 Å². The van der Waals surface area contributed by atoms with E-state index in [-0.39, 0.29) is 28.9 Å². The van der Waals surface area contributed by atoms with Crippen molar-refractivity contribution in [2.45, 2.75) is 32.0 Å². The van der Waals surface area contributed by atoms with E-state index < -0.39 is 12.2 Å². The molecular weight excluding hydrogens is 272 g/mol. The molecule has 1 saturated heterocycles. The summed E-state index contributed by atoms with van der Waals surface area (Å²) in [5.74, 6) is 0.142. The molecule has 1 aromatic heterocycles. The van der Waals surface area contributed by atoms with E-state index in [1.807, 2.05) is 0 Å². The third-order valence-corrected chi connectivity index (χ3v) is 4.68. The lowest BCUT2D eigenvalue weighted by atomic mass is 9.79. The van der Waals surface area contributed by atoms with Gasteiger partial charge in [-0.2, -0.15) is 0 Å². The maximum Gasteiger partial charge on any atom is 0.260 e. The van der Waals surface area contributed by atoms with E-state index in [1.54, 1.807) is 24.0 Å². The van der Waals surface area contributed by atoms with E-state index in [9.17, 15) is 19.8 Å². The standard InChI is InChI=1S/C15H20N2O4/c1-8-2-3-11(14(20)16-8)15(21)17-6-9-4-12(18)13(19)5-10(9)7-17/h2-3,9-10,12-13,18-19H,4-7H2,1H3,(H,16,20)/t9-,10+,12+,13-. The molecule has 2 aliphatic rings. The van der Waals surface area contributed by atoms with Gasteiger partial charge in [-0.15, -0.1) is 0 Å². The Hall–Kier alpha value is -1.66. The molecule has 3 N–H and O–H groups in total. The lowest BCUT2D eigenvalue weighted by Gasteiger charge is -2.31. The van der Waals surface area contributed by atoms with Gasteiger partial charge in [0.1, 0.15) is 5.56 Å². The molecule has 6 nitrogen and oxygen atoms in total. The average Bonchev–Trinajstić information content (AvgIpc) is 2.81. The maximum atomic E-state index is 12.5. The number of aliphatic hydroxyl groups excluding tert-OH is 2. The first-order chi connectivity index (χ1) is 9.95. The van der Waals surface area contributed by atoms with Crippen LogP contribution in [-0.4, -0.2) is 51.3 Å². The molecule has 0 spiro atoms. The second-order valence-corrected chi connectivity index (χ2v) is 6.22. The fraction of sp³-hybridized carbons (Fsp3) is 0.600. The van der Waals surface area contributed by atoms with Gasteiger partial charge >= 0.3 is 0 Å². The molecule has 1 aliphatic carbocycles. The number of hydrogen-bond acceptors (Lipinski definition) is 4. The first-order valence-electron chi connectivity index (χ1n) is 7.31. The highest BCUT2D eigenvalue weighted by molar-refractivity contribution is 5.94. The highest BCUT2D eigenvalue weighted by Crippen LogP contribution is 2.36. The number of carbonyl (C=O) groups is 1. The lowest BCUT2D eigenvalue weighted by molar-refractivity contribution is -0.0372. The first kappa shape index (κ1) is 14.3. The molecular formula is C15H20N2O4. The third kappa shape index (κ3) is 2.61. The third-order valence-electron chi connectivity index (χ3n) is 4.68. The van der Waals surface area contributed by atoms with Gasteiger partial charge in [0.15, 0.2) is 0 Å². The van der Waals surface area contributed by atoms with Gasteiger partial charge in [0.2, 0.25) is 0 Å². The van der Waals surface area contributed by atoms with Crippen LogP contribution in [0.5, 0.6) is 0 Å². The number of aryl methyl sites for hydroxylation is 1. The highest BCUT2D eigenvalue weighted by atomic mass is 16.3. The Bertz CT molecular complexity index is 594. The van der Waals surface area contributed by atoms with Crippen LogP contribution in [0.1, 0.15) is 28.9 Å². The largest absolute Gasteiger partial charge is 0.390 e. The number of nitrogens with zero attached hydrogens (tertiary/aromatic N) is 1. The number of aromatic nitrogens is 1. The molecule has 4 atom stereocenters. The second-order valence-electron chi connectivity index (χ2n) is 6.22.